The molecule has 0 saturated heterocycles. The van der Waals surface area contributed by atoms with Crippen LogP contribution in [0, 0.1) is 16.7 Å². The van der Waals surface area contributed by atoms with Gasteiger partial charge >= 0.3 is 0 Å². The van der Waals surface area contributed by atoms with Crippen LogP contribution in [-0.4, -0.2) is 5.78 Å². The average Bonchev–Trinajstić information content (AvgIpc) is 2.07. The zero-order chi connectivity index (χ0) is 9.03. The molecule has 2 nitrogen and oxygen atoms in total. The lowest BCUT2D eigenvalue weighted by atomic mass is 9.72. The molecular formula is C10H15NO. The lowest BCUT2D eigenvalue weighted by Crippen LogP contribution is -2.30. The van der Waals surface area contributed by atoms with Crippen LogP contribution in [0.15, 0.2) is 0 Å². The largest absolute Gasteiger partial charge is 0.299 e. The van der Waals surface area contributed by atoms with Crippen LogP contribution in [0.2, 0.25) is 0 Å². The topological polar surface area (TPSA) is 40.9 Å². The number of ketones is 1. The molecule has 2 heteroatoms. The van der Waals surface area contributed by atoms with Crippen molar-refractivity contribution in [1.29, 1.82) is 5.26 Å². The highest BCUT2D eigenvalue weighted by Crippen LogP contribution is 2.36. The summed E-state index contributed by atoms with van der Waals surface area (Å²) < 4.78 is 0. The fourth-order valence-corrected chi connectivity index (χ4v) is 1.84. The molecule has 0 heterocycles. The molecule has 1 atom stereocenters. The van der Waals surface area contributed by atoms with Gasteiger partial charge in [0.2, 0.25) is 0 Å². The van der Waals surface area contributed by atoms with Crippen molar-refractivity contribution in [1.82, 2.24) is 0 Å². The molecule has 0 amide bonds. The Morgan fingerprint density at radius 3 is 2.92 bits per heavy atom. The number of hydrogen-bond acceptors (Lipinski definition) is 2. The minimum Gasteiger partial charge on any atom is -0.299 e. The molecule has 0 spiro atoms. The highest BCUT2D eigenvalue weighted by molar-refractivity contribution is 5.85. The van der Waals surface area contributed by atoms with Crippen molar-refractivity contribution < 1.29 is 4.79 Å². The molecule has 0 bridgehead atoms. The number of hydrogen-bond donors (Lipinski definition) is 0. The van der Waals surface area contributed by atoms with Gasteiger partial charge in [0, 0.05) is 18.3 Å². The van der Waals surface area contributed by atoms with E-state index in [1.54, 1.807) is 0 Å². The Morgan fingerprint density at radius 2 is 2.33 bits per heavy atom. The van der Waals surface area contributed by atoms with E-state index < -0.39 is 0 Å². The maximum Gasteiger partial charge on any atom is 0.138 e. The summed E-state index contributed by atoms with van der Waals surface area (Å²) in [7, 11) is 0. The molecule has 0 aromatic rings. The Kier molecular flexibility index (Phi) is 2.86. The first-order valence-corrected chi connectivity index (χ1v) is 4.59. The highest BCUT2D eigenvalue weighted by Gasteiger charge is 2.34. The third-order valence-electron chi connectivity index (χ3n) is 2.84. The predicted octanol–water partition coefficient (Wildman–Crippen LogP) is 2.44. The summed E-state index contributed by atoms with van der Waals surface area (Å²) in [5, 5.41) is 8.44. The molecule has 0 N–H and O–H groups in total. The molecule has 12 heavy (non-hydrogen) atoms. The second kappa shape index (κ2) is 3.71. The SMILES string of the molecule is CC1(CCC#N)CCCCC1=O. The molecule has 1 unspecified atom stereocenters. The van der Waals surface area contributed by atoms with Crippen molar-refractivity contribution in [3.8, 4) is 6.07 Å². The van der Waals surface area contributed by atoms with Crippen molar-refractivity contribution >= 4 is 5.78 Å². The lowest BCUT2D eigenvalue weighted by molar-refractivity contribution is -0.130. The lowest BCUT2D eigenvalue weighted by Gasteiger charge is -2.31. The van der Waals surface area contributed by atoms with E-state index in [4.69, 9.17) is 5.26 Å². The van der Waals surface area contributed by atoms with E-state index in [0.717, 1.165) is 32.1 Å². The van der Waals surface area contributed by atoms with Crippen LogP contribution in [0.1, 0.15) is 45.4 Å². The minimum absolute atomic E-state index is 0.173. The first kappa shape index (κ1) is 9.25. The maximum atomic E-state index is 11.5. The summed E-state index contributed by atoms with van der Waals surface area (Å²) in [6.07, 6.45) is 5.16. The fourth-order valence-electron chi connectivity index (χ4n) is 1.84. The zero-order valence-electron chi connectivity index (χ0n) is 7.60. The molecule has 1 aliphatic carbocycles. The third-order valence-corrected chi connectivity index (χ3v) is 2.84. The number of nitriles is 1. The van der Waals surface area contributed by atoms with Gasteiger partial charge in [0.25, 0.3) is 0 Å². The molecule has 0 aromatic heterocycles. The monoisotopic (exact) mass is 165 g/mol. The van der Waals surface area contributed by atoms with Crippen molar-refractivity contribution in [3.05, 3.63) is 0 Å². The first-order chi connectivity index (χ1) is 5.69. The summed E-state index contributed by atoms with van der Waals surface area (Å²) in [5.74, 6) is 0.365. The number of Topliss-reactive ketones (excluding diaryl/α,β-unsaturated/α-hetero) is 1. The number of nitrogens with zero attached hydrogens (tertiary/aromatic N) is 1. The van der Waals surface area contributed by atoms with Gasteiger partial charge in [-0.1, -0.05) is 13.3 Å². The van der Waals surface area contributed by atoms with Crippen LogP contribution in [0.4, 0.5) is 0 Å². The molecule has 1 aliphatic rings. The first-order valence-electron chi connectivity index (χ1n) is 4.59. The van der Waals surface area contributed by atoms with Crippen LogP contribution in [-0.2, 0) is 4.79 Å². The minimum atomic E-state index is -0.173. The van der Waals surface area contributed by atoms with Crippen molar-refractivity contribution in [2.75, 3.05) is 0 Å². The van der Waals surface area contributed by atoms with Crippen molar-refractivity contribution in [2.45, 2.75) is 45.4 Å². The molecular weight excluding hydrogens is 150 g/mol. The molecule has 0 aromatic carbocycles. The number of carbonyl (C=O) groups excluding carboxylic acids is 1. The predicted molar refractivity (Wildman–Crippen MR) is 46.4 cm³/mol. The van der Waals surface area contributed by atoms with Gasteiger partial charge in [-0.25, -0.2) is 0 Å². The van der Waals surface area contributed by atoms with Crippen molar-refractivity contribution in [3.63, 3.8) is 0 Å². The molecule has 0 aliphatic heterocycles. The smallest absolute Gasteiger partial charge is 0.138 e. The van der Waals surface area contributed by atoms with Gasteiger partial charge in [-0.05, 0) is 19.3 Å². The summed E-state index contributed by atoms with van der Waals surface area (Å²) in [6.45, 7) is 2.01. The van der Waals surface area contributed by atoms with E-state index in [2.05, 4.69) is 6.07 Å². The molecule has 1 fully saturated rings. The average molecular weight is 165 g/mol. The van der Waals surface area contributed by atoms with Crippen LogP contribution < -0.4 is 0 Å². The second-order valence-electron chi connectivity index (χ2n) is 3.85. The van der Waals surface area contributed by atoms with Gasteiger partial charge in [-0.15, -0.1) is 0 Å². The van der Waals surface area contributed by atoms with Gasteiger partial charge in [-0.2, -0.15) is 5.26 Å². The Morgan fingerprint density at radius 1 is 1.58 bits per heavy atom. The van der Waals surface area contributed by atoms with Gasteiger partial charge in [0.1, 0.15) is 5.78 Å². The summed E-state index contributed by atoms with van der Waals surface area (Å²) >= 11 is 0. The van der Waals surface area contributed by atoms with E-state index in [9.17, 15) is 4.79 Å². The molecule has 0 radical (unpaired) electrons. The summed E-state index contributed by atoms with van der Waals surface area (Å²) in [4.78, 5) is 11.5. The zero-order valence-corrected chi connectivity index (χ0v) is 7.60. The van der Waals surface area contributed by atoms with E-state index in [1.807, 2.05) is 6.92 Å². The molecule has 1 rings (SSSR count). The van der Waals surface area contributed by atoms with Crippen LogP contribution in [0.25, 0.3) is 0 Å². The Balaban J connectivity index is 2.55. The number of carbonyl (C=O) groups is 1. The van der Waals surface area contributed by atoms with E-state index in [1.165, 1.54) is 0 Å². The van der Waals surface area contributed by atoms with Crippen LogP contribution in [0.5, 0.6) is 0 Å². The van der Waals surface area contributed by atoms with E-state index >= 15 is 0 Å². The summed E-state index contributed by atoms with van der Waals surface area (Å²) in [6, 6.07) is 2.11. The van der Waals surface area contributed by atoms with Crippen LogP contribution >= 0.6 is 0 Å². The Hall–Kier alpha value is -0.840. The maximum absolute atomic E-state index is 11.5. The Bertz CT molecular complexity index is 216. The van der Waals surface area contributed by atoms with E-state index in [-0.39, 0.29) is 5.41 Å². The second-order valence-corrected chi connectivity index (χ2v) is 3.85. The fraction of sp³-hybridized carbons (Fsp3) is 0.800. The standard InChI is InChI=1S/C10H15NO/c1-10(7-4-8-11)6-3-2-5-9(10)12/h2-7H2,1H3. The quantitative estimate of drug-likeness (QED) is 0.630. The number of rotatable bonds is 2. The Labute approximate surface area is 73.6 Å². The van der Waals surface area contributed by atoms with E-state index in [0.29, 0.717) is 12.2 Å². The molecule has 66 valence electrons. The third kappa shape index (κ3) is 1.85. The van der Waals surface area contributed by atoms with Crippen molar-refractivity contribution in [2.24, 2.45) is 5.41 Å². The molecule has 1 saturated carbocycles. The van der Waals surface area contributed by atoms with Gasteiger partial charge < -0.3 is 0 Å². The van der Waals surface area contributed by atoms with Gasteiger partial charge in [0.15, 0.2) is 0 Å². The van der Waals surface area contributed by atoms with Crippen LogP contribution in [0.3, 0.4) is 0 Å². The van der Waals surface area contributed by atoms with Gasteiger partial charge in [0.05, 0.1) is 6.07 Å². The summed E-state index contributed by atoms with van der Waals surface area (Å²) in [5.41, 5.74) is -0.173. The van der Waals surface area contributed by atoms with Gasteiger partial charge in [-0.3, -0.25) is 4.79 Å². The highest BCUT2D eigenvalue weighted by atomic mass is 16.1. The normalized spacial score (nSPS) is 29.8.